The third-order valence-corrected chi connectivity index (χ3v) is 2.53. The first-order valence-corrected chi connectivity index (χ1v) is 6.00. The molecule has 0 aliphatic carbocycles. The Morgan fingerprint density at radius 2 is 1.50 bits per heavy atom. The topological polar surface area (TPSA) is 55.4 Å². The molecule has 1 amide bonds. The highest BCUT2D eigenvalue weighted by molar-refractivity contribution is 5.89. The van der Waals surface area contributed by atoms with E-state index in [1.807, 2.05) is 0 Å². The zero-order chi connectivity index (χ0) is 17.9. The zero-order valence-electron chi connectivity index (χ0n) is 11.7. The van der Waals surface area contributed by atoms with E-state index in [4.69, 9.17) is 0 Å². The van der Waals surface area contributed by atoms with Crippen LogP contribution in [0.2, 0.25) is 0 Å². The van der Waals surface area contributed by atoms with E-state index in [1.54, 1.807) is 0 Å². The Balaban J connectivity index is 5.36. The highest BCUT2D eigenvalue weighted by Gasteiger charge is 2.76. The van der Waals surface area contributed by atoms with Crippen LogP contribution in [0.25, 0.3) is 0 Å². The zero-order valence-corrected chi connectivity index (χ0v) is 11.7. The maximum atomic E-state index is 13.1. The van der Waals surface area contributed by atoms with Crippen molar-refractivity contribution in [3.05, 3.63) is 0 Å². The van der Waals surface area contributed by atoms with E-state index in [-0.39, 0.29) is 6.61 Å². The molecule has 0 aromatic rings. The van der Waals surface area contributed by atoms with Gasteiger partial charge >= 0.3 is 24.0 Å². The fourth-order valence-corrected chi connectivity index (χ4v) is 1.28. The largest absolute Gasteiger partial charge is 0.464 e. The van der Waals surface area contributed by atoms with Gasteiger partial charge in [0.2, 0.25) is 0 Å². The quantitative estimate of drug-likeness (QED) is 0.597. The summed E-state index contributed by atoms with van der Waals surface area (Å²) in [6, 6.07) is -1.79. The average Bonchev–Trinajstić information content (AvgIpc) is 2.33. The Bertz CT molecular complexity index is 420. The van der Waals surface area contributed by atoms with Crippen molar-refractivity contribution in [2.24, 2.45) is 5.92 Å². The van der Waals surface area contributed by atoms with Gasteiger partial charge in [0, 0.05) is 0 Å². The Morgan fingerprint density at radius 1 is 1.05 bits per heavy atom. The van der Waals surface area contributed by atoms with Crippen LogP contribution in [0.3, 0.4) is 0 Å². The molecule has 0 radical (unpaired) electrons. The maximum absolute atomic E-state index is 13.1. The first kappa shape index (κ1) is 20.5. The molecule has 0 saturated carbocycles. The molecule has 0 aliphatic heterocycles. The van der Waals surface area contributed by atoms with Crippen molar-refractivity contribution in [2.45, 2.75) is 44.8 Å². The number of alkyl halides is 7. The van der Waals surface area contributed by atoms with E-state index in [2.05, 4.69) is 4.74 Å². The molecular weight excluding hydrogens is 327 g/mol. The molecule has 130 valence electrons. The van der Waals surface area contributed by atoms with Crippen LogP contribution in [-0.4, -0.2) is 42.5 Å². The van der Waals surface area contributed by atoms with Crippen molar-refractivity contribution in [2.75, 3.05) is 6.61 Å². The third-order valence-electron chi connectivity index (χ3n) is 2.53. The van der Waals surface area contributed by atoms with Gasteiger partial charge in [0.15, 0.2) is 0 Å². The first-order chi connectivity index (χ1) is 9.70. The molecule has 0 rings (SSSR count). The van der Waals surface area contributed by atoms with Gasteiger partial charge in [0.05, 0.1) is 6.61 Å². The summed E-state index contributed by atoms with van der Waals surface area (Å²) in [5, 5.41) is 1.18. The van der Waals surface area contributed by atoms with Crippen molar-refractivity contribution < 1.29 is 45.1 Å². The molecule has 22 heavy (non-hydrogen) atoms. The number of amides is 1. The molecule has 1 N–H and O–H groups in total. The number of ether oxygens (including phenoxy) is 1. The summed E-state index contributed by atoms with van der Waals surface area (Å²) < 4.78 is 92.0. The van der Waals surface area contributed by atoms with Gasteiger partial charge in [-0.05, 0) is 12.8 Å². The smallest absolute Gasteiger partial charge is 0.460 e. The number of hydrogen-bond acceptors (Lipinski definition) is 3. The van der Waals surface area contributed by atoms with E-state index in [0.717, 1.165) is 0 Å². The molecule has 0 aromatic carbocycles. The predicted molar refractivity (Wildman–Crippen MR) is 59.4 cm³/mol. The normalized spacial score (nSPS) is 14.7. The molecule has 11 heteroatoms. The highest BCUT2D eigenvalue weighted by Crippen LogP contribution is 2.46. The molecule has 0 aromatic heterocycles. The summed E-state index contributed by atoms with van der Waals surface area (Å²) >= 11 is 0. The second-order valence-corrected chi connectivity index (χ2v) is 4.59. The van der Waals surface area contributed by atoms with Gasteiger partial charge in [0.25, 0.3) is 5.91 Å². The Kier molecular flexibility index (Phi) is 6.22. The van der Waals surface area contributed by atoms with Crippen LogP contribution in [0.1, 0.15) is 20.8 Å². The Labute approximate surface area is 121 Å². The van der Waals surface area contributed by atoms with Gasteiger partial charge in [-0.25, -0.2) is 4.79 Å². The summed E-state index contributed by atoms with van der Waals surface area (Å²) in [4.78, 5) is 22.5. The minimum Gasteiger partial charge on any atom is -0.464 e. The first-order valence-electron chi connectivity index (χ1n) is 6.00. The SMILES string of the molecule is CCOC(=O)C(NC(=O)C(F)(F)C(F)(F)C(F)(F)F)C(C)C. The van der Waals surface area contributed by atoms with Crippen molar-refractivity contribution in [1.82, 2.24) is 5.32 Å². The molecule has 0 aliphatic rings. The number of nitrogens with one attached hydrogen (secondary N) is 1. The standard InChI is InChI=1S/C11H14F7NO3/c1-4-22-7(20)6(5(2)3)19-8(21)9(12,13)10(14,15)11(16,17)18/h5-6H,4H2,1-3H3,(H,19,21). The van der Waals surface area contributed by atoms with Crippen LogP contribution in [0.5, 0.6) is 0 Å². The van der Waals surface area contributed by atoms with Gasteiger partial charge in [-0.15, -0.1) is 0 Å². The maximum Gasteiger partial charge on any atom is 0.460 e. The molecule has 1 atom stereocenters. The van der Waals surface area contributed by atoms with E-state index in [9.17, 15) is 40.3 Å². The van der Waals surface area contributed by atoms with Crippen LogP contribution in [-0.2, 0) is 14.3 Å². The predicted octanol–water partition coefficient (Wildman–Crippen LogP) is 2.52. The molecule has 1 unspecified atom stereocenters. The van der Waals surface area contributed by atoms with Gasteiger partial charge in [-0.2, -0.15) is 30.7 Å². The molecule has 0 saturated heterocycles. The highest BCUT2D eigenvalue weighted by atomic mass is 19.4. The summed E-state index contributed by atoms with van der Waals surface area (Å²) in [7, 11) is 0. The van der Waals surface area contributed by atoms with Gasteiger partial charge < -0.3 is 10.1 Å². The summed E-state index contributed by atoms with van der Waals surface area (Å²) in [6.07, 6.45) is -6.63. The van der Waals surface area contributed by atoms with Gasteiger partial charge in [-0.3, -0.25) is 4.79 Å². The number of carbonyl (C=O) groups excluding carboxylic acids is 2. The van der Waals surface area contributed by atoms with Crippen molar-refractivity contribution in [1.29, 1.82) is 0 Å². The average molecular weight is 341 g/mol. The van der Waals surface area contributed by atoms with Crippen LogP contribution in [0.15, 0.2) is 0 Å². The third kappa shape index (κ3) is 4.01. The fourth-order valence-electron chi connectivity index (χ4n) is 1.28. The molecular formula is C11H14F7NO3. The summed E-state index contributed by atoms with van der Waals surface area (Å²) in [5.41, 5.74) is 0. The molecule has 0 fully saturated rings. The minimum atomic E-state index is -6.63. The van der Waals surface area contributed by atoms with Crippen LogP contribution < -0.4 is 5.32 Å². The fraction of sp³-hybridized carbons (Fsp3) is 0.818. The number of carbonyl (C=O) groups is 2. The molecule has 0 bridgehead atoms. The number of esters is 1. The van der Waals surface area contributed by atoms with Crippen molar-refractivity contribution >= 4 is 11.9 Å². The van der Waals surface area contributed by atoms with E-state index in [1.165, 1.54) is 26.1 Å². The van der Waals surface area contributed by atoms with Crippen molar-refractivity contribution in [3.8, 4) is 0 Å². The lowest BCUT2D eigenvalue weighted by atomic mass is 10.0. The minimum absolute atomic E-state index is 0.201. The molecule has 0 spiro atoms. The van der Waals surface area contributed by atoms with E-state index < -0.39 is 41.9 Å². The Morgan fingerprint density at radius 3 is 1.82 bits per heavy atom. The van der Waals surface area contributed by atoms with Crippen LogP contribution >= 0.6 is 0 Å². The van der Waals surface area contributed by atoms with E-state index in [0.29, 0.717) is 0 Å². The second kappa shape index (κ2) is 6.69. The molecule has 4 nitrogen and oxygen atoms in total. The lowest BCUT2D eigenvalue weighted by molar-refractivity contribution is -0.344. The second-order valence-electron chi connectivity index (χ2n) is 4.59. The van der Waals surface area contributed by atoms with Crippen LogP contribution in [0, 0.1) is 5.92 Å². The van der Waals surface area contributed by atoms with Crippen LogP contribution in [0.4, 0.5) is 30.7 Å². The number of halogens is 7. The summed E-state index contributed by atoms with van der Waals surface area (Å²) in [5.74, 6) is -17.7. The Hall–Kier alpha value is -1.55. The van der Waals surface area contributed by atoms with Gasteiger partial charge in [-0.1, -0.05) is 13.8 Å². The van der Waals surface area contributed by atoms with Crippen molar-refractivity contribution in [3.63, 3.8) is 0 Å². The summed E-state index contributed by atoms with van der Waals surface area (Å²) in [6.45, 7) is 3.65. The van der Waals surface area contributed by atoms with E-state index >= 15 is 0 Å². The monoisotopic (exact) mass is 341 g/mol. The molecule has 0 heterocycles. The number of rotatable bonds is 6. The van der Waals surface area contributed by atoms with Gasteiger partial charge in [0.1, 0.15) is 6.04 Å². The lowest BCUT2D eigenvalue weighted by Gasteiger charge is -2.29. The number of hydrogen-bond donors (Lipinski definition) is 1. The lowest BCUT2D eigenvalue weighted by Crippen LogP contribution is -2.62.